The van der Waals surface area contributed by atoms with E-state index in [2.05, 4.69) is 15.6 Å². The number of benzene rings is 1. The zero-order valence-electron chi connectivity index (χ0n) is 14.9. The standard InChI is InChI=1S/C18H26ClN3O3/c1-20-17(22-11-18(4-3-5-18)6-7-23-2)21-10-13-8-14(19)16-15(9-13)24-12-25-16/h8-9H,3-7,10-12H2,1-2H3,(H2,20,21,22). The Morgan fingerprint density at radius 2 is 2.16 bits per heavy atom. The minimum atomic E-state index is 0.221. The first-order valence-corrected chi connectivity index (χ1v) is 9.05. The predicted molar refractivity (Wildman–Crippen MR) is 98.6 cm³/mol. The van der Waals surface area contributed by atoms with E-state index in [0.717, 1.165) is 31.1 Å². The highest BCUT2D eigenvalue weighted by Crippen LogP contribution is 2.43. The molecule has 0 bridgehead atoms. The monoisotopic (exact) mass is 367 g/mol. The molecule has 2 aliphatic rings. The molecule has 138 valence electrons. The average molecular weight is 368 g/mol. The van der Waals surface area contributed by atoms with Crippen molar-refractivity contribution in [2.24, 2.45) is 10.4 Å². The van der Waals surface area contributed by atoms with Gasteiger partial charge in [0.25, 0.3) is 0 Å². The fourth-order valence-electron chi connectivity index (χ4n) is 3.31. The van der Waals surface area contributed by atoms with Gasteiger partial charge >= 0.3 is 0 Å². The Morgan fingerprint density at radius 3 is 2.84 bits per heavy atom. The zero-order valence-corrected chi connectivity index (χ0v) is 15.6. The van der Waals surface area contributed by atoms with Crippen molar-refractivity contribution >= 4 is 17.6 Å². The highest BCUT2D eigenvalue weighted by molar-refractivity contribution is 6.32. The number of fused-ring (bicyclic) bond motifs is 1. The third-order valence-electron chi connectivity index (χ3n) is 5.05. The van der Waals surface area contributed by atoms with Gasteiger partial charge in [0, 0.05) is 33.9 Å². The molecule has 1 heterocycles. The molecule has 6 nitrogen and oxygen atoms in total. The maximum Gasteiger partial charge on any atom is 0.231 e. The Balaban J connectivity index is 1.52. The van der Waals surface area contributed by atoms with Gasteiger partial charge in [-0.3, -0.25) is 4.99 Å². The number of halogens is 1. The molecular formula is C18H26ClN3O3. The highest BCUT2D eigenvalue weighted by atomic mass is 35.5. The van der Waals surface area contributed by atoms with Crippen LogP contribution in [0.4, 0.5) is 0 Å². The Bertz CT molecular complexity index is 632. The van der Waals surface area contributed by atoms with Gasteiger partial charge in [-0.25, -0.2) is 0 Å². The fraction of sp³-hybridized carbons (Fsp3) is 0.611. The summed E-state index contributed by atoms with van der Waals surface area (Å²) >= 11 is 6.23. The Labute approximate surface area is 153 Å². The van der Waals surface area contributed by atoms with Gasteiger partial charge in [0.15, 0.2) is 17.5 Å². The van der Waals surface area contributed by atoms with E-state index >= 15 is 0 Å². The Hall–Kier alpha value is -1.66. The smallest absolute Gasteiger partial charge is 0.231 e. The number of ether oxygens (including phenoxy) is 3. The van der Waals surface area contributed by atoms with Crippen LogP contribution >= 0.6 is 11.6 Å². The van der Waals surface area contributed by atoms with Gasteiger partial charge in [-0.2, -0.15) is 0 Å². The van der Waals surface area contributed by atoms with E-state index in [1.54, 1.807) is 14.2 Å². The van der Waals surface area contributed by atoms with Gasteiger partial charge in [-0.1, -0.05) is 18.0 Å². The zero-order chi connectivity index (χ0) is 17.7. The molecule has 0 unspecified atom stereocenters. The van der Waals surface area contributed by atoms with Gasteiger partial charge in [0.1, 0.15) is 0 Å². The van der Waals surface area contributed by atoms with E-state index < -0.39 is 0 Å². The summed E-state index contributed by atoms with van der Waals surface area (Å²) in [6.45, 7) is 2.56. The van der Waals surface area contributed by atoms with Crippen molar-refractivity contribution < 1.29 is 14.2 Å². The molecule has 0 saturated heterocycles. The van der Waals surface area contributed by atoms with Crippen LogP contribution in [0.25, 0.3) is 0 Å². The average Bonchev–Trinajstić information content (AvgIpc) is 3.05. The second-order valence-electron chi connectivity index (χ2n) is 6.69. The lowest BCUT2D eigenvalue weighted by Gasteiger charge is -2.42. The second-order valence-corrected chi connectivity index (χ2v) is 7.09. The second kappa shape index (κ2) is 8.15. The number of hydrogen-bond acceptors (Lipinski definition) is 4. The summed E-state index contributed by atoms with van der Waals surface area (Å²) in [5, 5.41) is 7.36. The maximum absolute atomic E-state index is 6.23. The Kier molecular flexibility index (Phi) is 5.91. The third-order valence-corrected chi connectivity index (χ3v) is 5.33. The van der Waals surface area contributed by atoms with Crippen LogP contribution in [0.3, 0.4) is 0 Å². The van der Waals surface area contributed by atoms with Crippen molar-refractivity contribution in [3.63, 3.8) is 0 Å². The first-order chi connectivity index (χ1) is 12.2. The van der Waals surface area contributed by atoms with Gasteiger partial charge in [-0.05, 0) is 42.4 Å². The summed E-state index contributed by atoms with van der Waals surface area (Å²) in [6.07, 6.45) is 4.88. The van der Waals surface area contributed by atoms with Crippen molar-refractivity contribution in [2.75, 3.05) is 34.1 Å². The number of rotatable bonds is 7. The van der Waals surface area contributed by atoms with E-state index in [4.69, 9.17) is 25.8 Å². The molecule has 1 aliphatic heterocycles. The summed E-state index contributed by atoms with van der Waals surface area (Å²) in [4.78, 5) is 4.31. The van der Waals surface area contributed by atoms with Gasteiger partial charge in [0.2, 0.25) is 6.79 Å². The molecule has 1 aromatic carbocycles. The summed E-state index contributed by atoms with van der Waals surface area (Å²) in [7, 11) is 3.54. The molecule has 25 heavy (non-hydrogen) atoms. The predicted octanol–water partition coefficient (Wildman–Crippen LogP) is 2.94. The van der Waals surface area contributed by atoms with E-state index in [1.807, 2.05) is 12.1 Å². The van der Waals surface area contributed by atoms with E-state index in [9.17, 15) is 0 Å². The molecule has 1 aromatic rings. The SMILES string of the molecule is CN=C(NCc1cc(Cl)c2c(c1)OCO2)NCC1(CCOC)CCC1. The summed E-state index contributed by atoms with van der Waals surface area (Å²) in [6, 6.07) is 3.84. The van der Waals surface area contributed by atoms with Gasteiger partial charge < -0.3 is 24.8 Å². The lowest BCUT2D eigenvalue weighted by Crippen LogP contribution is -2.46. The molecule has 1 saturated carbocycles. The number of aliphatic imine (C=N–C) groups is 1. The number of methoxy groups -OCH3 is 1. The Morgan fingerprint density at radius 1 is 1.32 bits per heavy atom. The van der Waals surface area contributed by atoms with Crippen LogP contribution in [0.15, 0.2) is 17.1 Å². The van der Waals surface area contributed by atoms with Crippen molar-refractivity contribution in [1.29, 1.82) is 0 Å². The van der Waals surface area contributed by atoms with Crippen molar-refractivity contribution in [3.05, 3.63) is 22.7 Å². The van der Waals surface area contributed by atoms with Crippen LogP contribution in [0.1, 0.15) is 31.2 Å². The van der Waals surface area contributed by atoms with Crippen molar-refractivity contribution in [1.82, 2.24) is 10.6 Å². The minimum Gasteiger partial charge on any atom is -0.454 e. The summed E-state index contributed by atoms with van der Waals surface area (Å²) in [5.41, 5.74) is 1.37. The summed E-state index contributed by atoms with van der Waals surface area (Å²) < 4.78 is 16.0. The van der Waals surface area contributed by atoms with Crippen LogP contribution in [-0.2, 0) is 11.3 Å². The van der Waals surface area contributed by atoms with Gasteiger partial charge in [-0.15, -0.1) is 0 Å². The molecular weight excluding hydrogens is 342 g/mol. The lowest BCUT2D eigenvalue weighted by molar-refractivity contribution is 0.0732. The molecule has 1 aliphatic carbocycles. The van der Waals surface area contributed by atoms with E-state index in [0.29, 0.717) is 28.5 Å². The molecule has 0 spiro atoms. The highest BCUT2D eigenvalue weighted by Gasteiger charge is 2.36. The van der Waals surface area contributed by atoms with Crippen LogP contribution < -0.4 is 20.1 Å². The minimum absolute atomic E-state index is 0.221. The third kappa shape index (κ3) is 4.30. The molecule has 2 N–H and O–H groups in total. The van der Waals surface area contributed by atoms with E-state index in [1.165, 1.54) is 19.3 Å². The first-order valence-electron chi connectivity index (χ1n) is 8.67. The molecule has 0 amide bonds. The molecule has 7 heteroatoms. The van der Waals surface area contributed by atoms with Crippen molar-refractivity contribution in [3.8, 4) is 11.5 Å². The van der Waals surface area contributed by atoms with Crippen LogP contribution in [0, 0.1) is 5.41 Å². The topological polar surface area (TPSA) is 64.1 Å². The molecule has 0 atom stereocenters. The molecule has 0 aromatic heterocycles. The molecule has 3 rings (SSSR count). The molecule has 1 fully saturated rings. The normalized spacial score (nSPS) is 18.0. The quantitative estimate of drug-likeness (QED) is 0.573. The van der Waals surface area contributed by atoms with Crippen molar-refractivity contribution in [2.45, 2.75) is 32.2 Å². The van der Waals surface area contributed by atoms with E-state index in [-0.39, 0.29) is 6.79 Å². The summed E-state index contributed by atoms with van der Waals surface area (Å²) in [5.74, 6) is 2.11. The maximum atomic E-state index is 6.23. The number of nitrogens with zero attached hydrogens (tertiary/aromatic N) is 1. The lowest BCUT2D eigenvalue weighted by atomic mass is 9.67. The fourth-order valence-corrected chi connectivity index (χ4v) is 3.60. The largest absolute Gasteiger partial charge is 0.454 e. The number of hydrogen-bond donors (Lipinski definition) is 2. The molecule has 0 radical (unpaired) electrons. The van der Waals surface area contributed by atoms with Crippen LogP contribution in [-0.4, -0.2) is 40.1 Å². The van der Waals surface area contributed by atoms with Gasteiger partial charge in [0.05, 0.1) is 5.02 Å². The number of guanidine groups is 1. The van der Waals surface area contributed by atoms with Crippen LogP contribution in [0.5, 0.6) is 11.5 Å². The number of nitrogens with one attached hydrogen (secondary N) is 2. The first kappa shape index (κ1) is 18.1. The van der Waals surface area contributed by atoms with Crippen LogP contribution in [0.2, 0.25) is 5.02 Å².